The van der Waals surface area contributed by atoms with E-state index in [-0.39, 0.29) is 21.7 Å². The van der Waals surface area contributed by atoms with Crippen molar-refractivity contribution in [1.29, 1.82) is 0 Å². The number of anilines is 2. The van der Waals surface area contributed by atoms with E-state index in [0.717, 1.165) is 33.5 Å². The second-order valence-electron chi connectivity index (χ2n) is 10.5. The fourth-order valence-electron chi connectivity index (χ4n) is 4.66. The van der Waals surface area contributed by atoms with E-state index in [1.54, 1.807) is 42.1 Å². The van der Waals surface area contributed by atoms with Gasteiger partial charge in [0.15, 0.2) is 11.5 Å². The Morgan fingerprint density at radius 3 is 2.10 bits per heavy atom. The summed E-state index contributed by atoms with van der Waals surface area (Å²) in [5.41, 5.74) is 2.80. The van der Waals surface area contributed by atoms with Gasteiger partial charge in [-0.2, -0.15) is 0 Å². The highest BCUT2D eigenvalue weighted by molar-refractivity contribution is 7.17. The molecule has 0 spiro atoms. The van der Waals surface area contributed by atoms with Crippen molar-refractivity contribution in [1.82, 2.24) is 4.98 Å². The lowest BCUT2D eigenvalue weighted by Gasteiger charge is -2.07. The van der Waals surface area contributed by atoms with E-state index < -0.39 is 29.6 Å². The van der Waals surface area contributed by atoms with Crippen LogP contribution < -0.4 is 20.1 Å². The molecule has 0 atom stereocenters. The molecular weight excluding hydrogens is 750 g/mol. The van der Waals surface area contributed by atoms with Crippen LogP contribution in [0.4, 0.5) is 14.4 Å². The Morgan fingerprint density at radius 1 is 0.788 bits per heavy atom. The topological polar surface area (TPSA) is 164 Å². The normalized spacial score (nSPS) is 10.7. The van der Waals surface area contributed by atoms with Crippen molar-refractivity contribution in [2.24, 2.45) is 0 Å². The number of nitrogens with zero attached hydrogens (tertiary/aromatic N) is 1. The number of aromatic carboxylic acids is 2. The average Bonchev–Trinajstić information content (AvgIpc) is 3.95. The lowest BCUT2D eigenvalue weighted by Crippen LogP contribution is -2.13. The van der Waals surface area contributed by atoms with Crippen molar-refractivity contribution >= 4 is 85.2 Å². The van der Waals surface area contributed by atoms with Gasteiger partial charge in [-0.05, 0) is 60.3 Å². The van der Waals surface area contributed by atoms with Gasteiger partial charge in [0.25, 0.3) is 5.91 Å². The van der Waals surface area contributed by atoms with Gasteiger partial charge in [0.2, 0.25) is 5.91 Å². The van der Waals surface area contributed by atoms with Gasteiger partial charge in [-0.1, -0.05) is 18.2 Å². The number of carboxylic acid groups (broad SMARTS) is 2. The Balaban J connectivity index is 0.000000203. The van der Waals surface area contributed by atoms with Crippen LogP contribution in [0.5, 0.6) is 11.5 Å². The summed E-state index contributed by atoms with van der Waals surface area (Å²) in [6.45, 7) is 1.82. The monoisotopic (exact) mass is 777 g/mol. The third-order valence-corrected chi connectivity index (χ3v) is 10.7. The number of carbonyl (C=O) groups excluding carboxylic acids is 2. The van der Waals surface area contributed by atoms with Crippen molar-refractivity contribution in [2.45, 2.75) is 6.92 Å². The van der Waals surface area contributed by atoms with Crippen LogP contribution in [0.15, 0.2) is 82.2 Å². The van der Waals surface area contributed by atoms with Gasteiger partial charge < -0.3 is 30.3 Å². The number of carboxylic acids is 2. The number of thiophene rings is 3. The number of halogens is 1. The number of amides is 2. The number of carbonyl (C=O) groups is 4. The molecule has 266 valence electrons. The van der Waals surface area contributed by atoms with Crippen molar-refractivity contribution in [3.63, 3.8) is 0 Å². The first-order chi connectivity index (χ1) is 25.0. The van der Waals surface area contributed by atoms with Crippen molar-refractivity contribution in [3.05, 3.63) is 116 Å². The predicted molar refractivity (Wildman–Crippen MR) is 203 cm³/mol. The Hall–Kier alpha value is -5.68. The summed E-state index contributed by atoms with van der Waals surface area (Å²) in [5.74, 6) is -2.62. The molecule has 52 heavy (non-hydrogen) atoms. The molecule has 0 aliphatic heterocycles. The van der Waals surface area contributed by atoms with E-state index in [0.29, 0.717) is 32.6 Å². The molecule has 0 bridgehead atoms. The minimum Gasteiger partial charge on any atom is -0.493 e. The number of benzene rings is 2. The zero-order valence-corrected chi connectivity index (χ0v) is 30.7. The molecule has 0 radical (unpaired) electrons. The standard InChI is InChI=1S/C20H17NO5S2.C16H11FN2O3S2/c1-25-14-7-5-12(10-15(14)26-2)6-8-17(22)21-19-18(20(23)24)13(11-28-19)16-4-3-9-27-16;1-8-6-23-14(18-8)11-7-24-15(12(11)16(21)22)19-13(20)9-3-2-4-10(17)5-9/h3-11H,1-2H3,(H,21,22)(H,23,24);2-7H,1H3,(H,19,20)(H,21,22)/b8-6+;. The maximum atomic E-state index is 13.2. The summed E-state index contributed by atoms with van der Waals surface area (Å²) in [6.07, 6.45) is 2.96. The predicted octanol–water partition coefficient (Wildman–Crippen LogP) is 9.11. The summed E-state index contributed by atoms with van der Waals surface area (Å²) in [4.78, 5) is 53.0. The lowest BCUT2D eigenvalue weighted by atomic mass is 10.1. The molecule has 4 heterocycles. The van der Waals surface area contributed by atoms with Crippen LogP contribution >= 0.6 is 45.3 Å². The quantitative estimate of drug-likeness (QED) is 0.0940. The van der Waals surface area contributed by atoms with Crippen molar-refractivity contribution < 1.29 is 43.3 Å². The van der Waals surface area contributed by atoms with E-state index in [1.807, 2.05) is 29.8 Å². The summed E-state index contributed by atoms with van der Waals surface area (Å²) in [6, 6.07) is 14.2. The van der Waals surface area contributed by atoms with Crippen LogP contribution in [0.1, 0.15) is 42.3 Å². The van der Waals surface area contributed by atoms with E-state index in [2.05, 4.69) is 15.6 Å². The zero-order chi connectivity index (χ0) is 37.4. The number of hydrogen-bond donors (Lipinski definition) is 4. The number of aryl methyl sites for hydroxylation is 1. The maximum absolute atomic E-state index is 13.2. The number of rotatable bonds is 11. The summed E-state index contributed by atoms with van der Waals surface area (Å²) < 4.78 is 23.6. The van der Waals surface area contributed by atoms with Crippen LogP contribution in [0.2, 0.25) is 0 Å². The first kappa shape index (κ1) is 37.6. The van der Waals surface area contributed by atoms with E-state index in [4.69, 9.17) is 9.47 Å². The van der Waals surface area contributed by atoms with Crippen molar-refractivity contribution in [3.8, 4) is 32.5 Å². The first-order valence-corrected chi connectivity index (χ1v) is 18.4. The second-order valence-corrected chi connectivity index (χ2v) is 14.1. The third-order valence-electron chi connectivity index (χ3n) is 7.03. The molecule has 11 nitrogen and oxygen atoms in total. The number of nitrogens with one attached hydrogen (secondary N) is 2. The zero-order valence-electron chi connectivity index (χ0n) is 27.5. The Morgan fingerprint density at radius 2 is 1.48 bits per heavy atom. The highest BCUT2D eigenvalue weighted by Crippen LogP contribution is 2.39. The maximum Gasteiger partial charge on any atom is 0.339 e. The lowest BCUT2D eigenvalue weighted by molar-refractivity contribution is -0.111. The number of methoxy groups -OCH3 is 2. The van der Waals surface area contributed by atoms with Crippen molar-refractivity contribution in [2.75, 3.05) is 24.9 Å². The molecule has 0 aliphatic rings. The third kappa shape index (κ3) is 8.96. The Bertz CT molecular complexity index is 2270. The van der Waals surface area contributed by atoms with Crippen LogP contribution in [-0.4, -0.2) is 53.2 Å². The molecule has 16 heteroatoms. The number of aromatic nitrogens is 1. The van der Waals surface area contributed by atoms with Gasteiger partial charge in [-0.3, -0.25) is 9.59 Å². The molecule has 0 saturated heterocycles. The summed E-state index contributed by atoms with van der Waals surface area (Å²) in [7, 11) is 3.08. The van der Waals surface area contributed by atoms with Crippen LogP contribution in [0.3, 0.4) is 0 Å². The molecule has 0 aliphatic carbocycles. The van der Waals surface area contributed by atoms with Gasteiger partial charge in [0.1, 0.15) is 32.0 Å². The number of hydrogen-bond acceptors (Lipinski definition) is 11. The minimum atomic E-state index is -1.16. The average molecular weight is 778 g/mol. The summed E-state index contributed by atoms with van der Waals surface area (Å²) in [5, 5.41) is 32.4. The van der Waals surface area contributed by atoms with Crippen LogP contribution in [-0.2, 0) is 4.79 Å². The van der Waals surface area contributed by atoms with Crippen LogP contribution in [0, 0.1) is 12.7 Å². The van der Waals surface area contributed by atoms with Gasteiger partial charge in [0.05, 0.1) is 14.2 Å². The largest absolute Gasteiger partial charge is 0.493 e. The van der Waals surface area contributed by atoms with Gasteiger partial charge >= 0.3 is 11.9 Å². The first-order valence-electron chi connectivity index (χ1n) is 14.9. The molecule has 6 rings (SSSR count). The molecular formula is C36H28FN3O8S4. The molecule has 6 aromatic rings. The Labute approximate surface area is 312 Å². The van der Waals surface area contributed by atoms with Gasteiger partial charge in [-0.25, -0.2) is 19.0 Å². The van der Waals surface area contributed by atoms with Gasteiger partial charge in [0, 0.05) is 49.5 Å². The summed E-state index contributed by atoms with van der Waals surface area (Å²) >= 11 is 5.07. The molecule has 0 saturated carbocycles. The van der Waals surface area contributed by atoms with E-state index in [9.17, 15) is 33.8 Å². The van der Waals surface area contributed by atoms with Gasteiger partial charge in [-0.15, -0.1) is 45.3 Å². The highest BCUT2D eigenvalue weighted by Gasteiger charge is 2.24. The fourth-order valence-corrected chi connectivity index (χ4v) is 8.26. The highest BCUT2D eigenvalue weighted by atomic mass is 32.1. The van der Waals surface area contributed by atoms with Crippen LogP contribution in [0.25, 0.3) is 27.1 Å². The number of thiazole rings is 1. The second kappa shape index (κ2) is 17.0. The van der Waals surface area contributed by atoms with E-state index in [1.165, 1.54) is 65.4 Å². The molecule has 2 aromatic carbocycles. The molecule has 4 N–H and O–H groups in total. The molecule has 0 unspecified atom stereocenters. The molecule has 4 aromatic heterocycles. The Kier molecular flexibility index (Phi) is 12.3. The SMILES string of the molecule is COc1ccc(/C=C/C(=O)Nc2scc(-c3cccs3)c2C(=O)O)cc1OC.Cc1csc(-c2csc(NC(=O)c3cccc(F)c3)c2C(=O)O)n1. The molecule has 0 fully saturated rings. The minimum absolute atomic E-state index is 0.0147. The molecule has 2 amide bonds. The smallest absolute Gasteiger partial charge is 0.339 e. The number of ether oxygens (including phenoxy) is 2. The fraction of sp³-hybridized carbons (Fsp3) is 0.0833. The van der Waals surface area contributed by atoms with E-state index >= 15 is 0 Å².